The zero-order valence-corrected chi connectivity index (χ0v) is 24.9. The molecule has 4 nitrogen and oxygen atoms in total. The van der Waals surface area contributed by atoms with Crippen LogP contribution in [0.4, 0.5) is 22.7 Å². The molecule has 0 fully saturated rings. The molecule has 0 aliphatic carbocycles. The van der Waals surface area contributed by atoms with Gasteiger partial charge in [0.15, 0.2) is 5.75 Å². The monoisotopic (exact) mass is 543 g/mol. The molecule has 0 bridgehead atoms. The standard InChI is InChI=1S/C37H41N3O/c1-5-7-14-26(6-2)24-40-32-20-13-11-18-30(32)36(3,4)37(40)25-38-35-29-17-10-9-16-28(29)33(23-34(35)41-37)39-22-21-27-15-8-12-19-31(27)39/h8-13,15-20,23,25-26H,5-7,14,21-22,24H2,1-4H3. The van der Waals surface area contributed by atoms with E-state index in [2.05, 4.69) is 123 Å². The van der Waals surface area contributed by atoms with Crippen molar-refractivity contribution in [1.82, 2.24) is 0 Å². The van der Waals surface area contributed by atoms with E-state index in [0.717, 1.165) is 42.8 Å². The van der Waals surface area contributed by atoms with Gasteiger partial charge >= 0.3 is 0 Å². The van der Waals surface area contributed by atoms with Crippen molar-refractivity contribution < 1.29 is 4.74 Å². The second-order valence-corrected chi connectivity index (χ2v) is 12.5. The van der Waals surface area contributed by atoms with Gasteiger partial charge in [-0.3, -0.25) is 4.99 Å². The predicted octanol–water partition coefficient (Wildman–Crippen LogP) is 9.34. The van der Waals surface area contributed by atoms with Crippen molar-refractivity contribution >= 4 is 39.7 Å². The molecule has 2 unspecified atom stereocenters. The van der Waals surface area contributed by atoms with Crippen LogP contribution in [0.5, 0.6) is 5.75 Å². The first-order valence-corrected chi connectivity index (χ1v) is 15.5. The molecule has 210 valence electrons. The Bertz CT molecular complexity index is 1640. The van der Waals surface area contributed by atoms with Crippen LogP contribution in [0.25, 0.3) is 10.8 Å². The Morgan fingerprint density at radius 2 is 1.61 bits per heavy atom. The highest BCUT2D eigenvalue weighted by molar-refractivity contribution is 6.07. The molecular formula is C37H41N3O. The average Bonchev–Trinajstić information content (AvgIpc) is 3.50. The zero-order valence-electron chi connectivity index (χ0n) is 24.9. The third-order valence-corrected chi connectivity index (χ3v) is 9.92. The Balaban J connectivity index is 1.38. The molecule has 3 heterocycles. The number of nitrogens with zero attached hydrogens (tertiary/aromatic N) is 3. The number of aliphatic imine (C=N–C) groups is 1. The van der Waals surface area contributed by atoms with E-state index in [9.17, 15) is 0 Å². The lowest BCUT2D eigenvalue weighted by Gasteiger charge is -2.47. The van der Waals surface area contributed by atoms with Gasteiger partial charge in [0, 0.05) is 41.3 Å². The van der Waals surface area contributed by atoms with Crippen LogP contribution in [-0.4, -0.2) is 25.0 Å². The molecule has 0 radical (unpaired) electrons. The molecule has 4 aromatic rings. The normalized spacial score (nSPS) is 20.7. The molecule has 2 atom stereocenters. The van der Waals surface area contributed by atoms with Gasteiger partial charge in [0.1, 0.15) is 5.69 Å². The molecule has 0 saturated carbocycles. The summed E-state index contributed by atoms with van der Waals surface area (Å²) in [5.41, 5.74) is 6.44. The van der Waals surface area contributed by atoms with Gasteiger partial charge in [-0.2, -0.15) is 0 Å². The molecule has 3 aliphatic heterocycles. The number of fused-ring (bicyclic) bond motifs is 5. The van der Waals surface area contributed by atoms with E-state index in [1.807, 2.05) is 0 Å². The molecule has 3 aliphatic rings. The maximum absolute atomic E-state index is 7.39. The minimum Gasteiger partial charge on any atom is -0.459 e. The second-order valence-electron chi connectivity index (χ2n) is 12.5. The van der Waals surface area contributed by atoms with Crippen LogP contribution in [0, 0.1) is 5.92 Å². The van der Waals surface area contributed by atoms with Gasteiger partial charge in [-0.05, 0) is 55.9 Å². The lowest BCUT2D eigenvalue weighted by Crippen LogP contribution is -2.63. The maximum Gasteiger partial charge on any atom is 0.228 e. The summed E-state index contributed by atoms with van der Waals surface area (Å²) >= 11 is 0. The van der Waals surface area contributed by atoms with Crippen molar-refractivity contribution in [2.45, 2.75) is 70.9 Å². The summed E-state index contributed by atoms with van der Waals surface area (Å²) < 4.78 is 7.39. The number of hydrogen-bond acceptors (Lipinski definition) is 4. The summed E-state index contributed by atoms with van der Waals surface area (Å²) in [4.78, 5) is 10.3. The minimum atomic E-state index is -0.702. The second kappa shape index (κ2) is 9.94. The quantitative estimate of drug-likeness (QED) is 0.232. The van der Waals surface area contributed by atoms with Crippen molar-refractivity contribution in [1.29, 1.82) is 0 Å². The Hall–Kier alpha value is -3.79. The van der Waals surface area contributed by atoms with E-state index in [1.165, 1.54) is 52.8 Å². The van der Waals surface area contributed by atoms with Gasteiger partial charge in [-0.15, -0.1) is 0 Å². The van der Waals surface area contributed by atoms with Gasteiger partial charge in [0.2, 0.25) is 5.72 Å². The largest absolute Gasteiger partial charge is 0.459 e. The predicted molar refractivity (Wildman–Crippen MR) is 173 cm³/mol. The van der Waals surface area contributed by atoms with Crippen molar-refractivity contribution in [2.24, 2.45) is 10.9 Å². The summed E-state index contributed by atoms with van der Waals surface area (Å²) in [6, 6.07) is 28.6. The Kier molecular flexibility index (Phi) is 6.33. The Morgan fingerprint density at radius 3 is 2.41 bits per heavy atom. The molecule has 0 saturated heterocycles. The number of benzene rings is 4. The van der Waals surface area contributed by atoms with E-state index in [1.54, 1.807) is 0 Å². The fourth-order valence-corrected chi connectivity index (χ4v) is 7.45. The third kappa shape index (κ3) is 3.90. The van der Waals surface area contributed by atoms with Gasteiger partial charge in [-0.25, -0.2) is 0 Å². The topological polar surface area (TPSA) is 28.1 Å². The maximum atomic E-state index is 7.39. The van der Waals surface area contributed by atoms with Gasteiger partial charge in [0.05, 0.1) is 17.3 Å². The highest BCUT2D eigenvalue weighted by Crippen LogP contribution is 2.56. The number of unbranched alkanes of at least 4 members (excludes halogenated alkanes) is 1. The van der Waals surface area contributed by atoms with E-state index in [4.69, 9.17) is 9.73 Å². The van der Waals surface area contributed by atoms with Crippen LogP contribution in [0.1, 0.15) is 64.5 Å². The van der Waals surface area contributed by atoms with Crippen LogP contribution >= 0.6 is 0 Å². The Labute approximate surface area is 244 Å². The molecular weight excluding hydrogens is 502 g/mol. The SMILES string of the molecule is CCCCC(CC)CN1c2ccccc2C(C)(C)C12C=Nc1c(cc(N3CCc4ccccc43)c3ccccc13)O2. The van der Waals surface area contributed by atoms with Gasteiger partial charge in [-0.1, -0.05) is 93.8 Å². The minimum absolute atomic E-state index is 0.292. The summed E-state index contributed by atoms with van der Waals surface area (Å²) in [6.07, 6.45) is 8.06. The van der Waals surface area contributed by atoms with Crippen molar-refractivity contribution in [2.75, 3.05) is 22.9 Å². The molecule has 1 spiro atoms. The van der Waals surface area contributed by atoms with E-state index < -0.39 is 5.72 Å². The van der Waals surface area contributed by atoms with Gasteiger partial charge in [0.25, 0.3) is 0 Å². The fraction of sp³-hybridized carbons (Fsp3) is 0.378. The summed E-state index contributed by atoms with van der Waals surface area (Å²) in [6.45, 7) is 11.2. The number of hydrogen-bond donors (Lipinski definition) is 0. The van der Waals surface area contributed by atoms with Gasteiger partial charge < -0.3 is 14.5 Å². The van der Waals surface area contributed by atoms with E-state index in [0.29, 0.717) is 5.92 Å². The van der Waals surface area contributed by atoms with Crippen molar-refractivity contribution in [3.8, 4) is 5.75 Å². The summed E-state index contributed by atoms with van der Waals surface area (Å²) in [5.74, 6) is 1.47. The highest BCUT2D eigenvalue weighted by Gasteiger charge is 2.60. The van der Waals surface area contributed by atoms with Crippen LogP contribution in [-0.2, 0) is 11.8 Å². The molecule has 0 amide bonds. The number of ether oxygens (including phenoxy) is 1. The fourth-order valence-electron chi connectivity index (χ4n) is 7.45. The van der Waals surface area contributed by atoms with Crippen LogP contribution in [0.3, 0.4) is 0 Å². The first kappa shape index (κ1) is 26.1. The highest BCUT2D eigenvalue weighted by atomic mass is 16.5. The Morgan fingerprint density at radius 1 is 0.878 bits per heavy atom. The van der Waals surface area contributed by atoms with Crippen LogP contribution in [0.15, 0.2) is 83.9 Å². The van der Waals surface area contributed by atoms with E-state index >= 15 is 0 Å². The number of rotatable bonds is 7. The lowest BCUT2D eigenvalue weighted by atomic mass is 9.77. The third-order valence-electron chi connectivity index (χ3n) is 9.92. The van der Waals surface area contributed by atoms with Crippen LogP contribution in [0.2, 0.25) is 0 Å². The molecule has 4 aromatic carbocycles. The van der Waals surface area contributed by atoms with Crippen LogP contribution < -0.4 is 14.5 Å². The van der Waals surface area contributed by atoms with Crippen molar-refractivity contribution in [3.05, 3.63) is 90.0 Å². The molecule has 0 aromatic heterocycles. The van der Waals surface area contributed by atoms with Crippen molar-refractivity contribution in [3.63, 3.8) is 0 Å². The lowest BCUT2D eigenvalue weighted by molar-refractivity contribution is 0.0743. The number of para-hydroxylation sites is 2. The molecule has 4 heteroatoms. The average molecular weight is 544 g/mol. The zero-order chi connectivity index (χ0) is 28.2. The smallest absolute Gasteiger partial charge is 0.228 e. The molecule has 0 N–H and O–H groups in total. The van der Waals surface area contributed by atoms with E-state index in [-0.39, 0.29) is 5.41 Å². The first-order valence-electron chi connectivity index (χ1n) is 15.5. The summed E-state index contributed by atoms with van der Waals surface area (Å²) in [7, 11) is 0. The molecule has 41 heavy (non-hydrogen) atoms. The summed E-state index contributed by atoms with van der Waals surface area (Å²) in [5, 5.41) is 2.36. The number of anilines is 3. The first-order chi connectivity index (χ1) is 20.0. The molecule has 7 rings (SSSR count).